The molecule has 2 atom stereocenters. The number of nitrogens with zero attached hydrogens (tertiary/aromatic N) is 1. The minimum absolute atomic E-state index is 0.0969. The largest absolute Gasteiger partial charge is 0.496 e. The Morgan fingerprint density at radius 3 is 2.51 bits per heavy atom. The van der Waals surface area contributed by atoms with Crippen molar-refractivity contribution in [1.29, 1.82) is 0 Å². The van der Waals surface area contributed by atoms with Crippen LogP contribution in [0.1, 0.15) is 84.8 Å². The number of benzene rings is 1. The van der Waals surface area contributed by atoms with Gasteiger partial charge in [-0.2, -0.15) is 0 Å². The van der Waals surface area contributed by atoms with Crippen LogP contribution in [0.3, 0.4) is 0 Å². The summed E-state index contributed by atoms with van der Waals surface area (Å²) in [5.74, 6) is 1.07. The van der Waals surface area contributed by atoms with Crippen LogP contribution in [0.4, 0.5) is 0 Å². The summed E-state index contributed by atoms with van der Waals surface area (Å²) in [5, 5.41) is 3.53. The Kier molecular flexibility index (Phi) is 7.88. The highest BCUT2D eigenvalue weighted by Gasteiger charge is 2.42. The third-order valence-electron chi connectivity index (χ3n) is 7.75. The molecular weight excluding hydrogens is 470 g/mol. The van der Waals surface area contributed by atoms with E-state index in [1.54, 1.807) is 18.1 Å². The molecule has 1 aromatic carbocycles. The van der Waals surface area contributed by atoms with Crippen LogP contribution >= 0.6 is 0 Å². The van der Waals surface area contributed by atoms with Crippen LogP contribution in [0.2, 0.25) is 0 Å². The minimum Gasteiger partial charge on any atom is -0.496 e. The predicted molar refractivity (Wildman–Crippen MR) is 144 cm³/mol. The Hall–Kier alpha value is -3.00. The zero-order valence-corrected chi connectivity index (χ0v) is 23.3. The fourth-order valence-electron chi connectivity index (χ4n) is 5.68. The van der Waals surface area contributed by atoms with Crippen molar-refractivity contribution >= 4 is 5.91 Å². The van der Waals surface area contributed by atoms with Crippen molar-refractivity contribution in [1.82, 2.24) is 15.2 Å². The monoisotopic (exact) mass is 511 g/mol. The molecule has 1 amide bonds. The number of carbonyl (C=O) groups is 1. The molecule has 2 aliphatic heterocycles. The number of fused-ring (bicyclic) bond motifs is 2. The topological polar surface area (TPSA) is 92.9 Å². The van der Waals surface area contributed by atoms with Crippen molar-refractivity contribution in [2.24, 2.45) is 0 Å². The molecular formula is C29H41N3O5. The van der Waals surface area contributed by atoms with Crippen LogP contribution < -0.4 is 25.1 Å². The molecule has 0 spiro atoms. The maximum Gasteiger partial charge on any atom is 0.256 e. The van der Waals surface area contributed by atoms with Gasteiger partial charge in [-0.3, -0.25) is 9.59 Å². The molecule has 2 aliphatic rings. The zero-order chi connectivity index (χ0) is 26.9. The lowest BCUT2D eigenvalue weighted by Crippen LogP contribution is -2.39. The number of nitrogens with one attached hydrogen (secondary N) is 2. The smallest absolute Gasteiger partial charge is 0.256 e. The number of H-pyrrole nitrogens is 1. The van der Waals surface area contributed by atoms with E-state index in [0.29, 0.717) is 41.6 Å². The molecule has 8 nitrogen and oxygen atoms in total. The van der Waals surface area contributed by atoms with Gasteiger partial charge in [0.25, 0.3) is 11.5 Å². The first-order chi connectivity index (χ1) is 17.6. The van der Waals surface area contributed by atoms with Crippen LogP contribution in [0.5, 0.6) is 17.2 Å². The molecule has 2 unspecified atom stereocenters. The molecule has 0 bridgehead atoms. The average Bonchev–Trinajstić information content (AvgIpc) is 3.22. The maximum atomic E-state index is 13.7. The van der Waals surface area contributed by atoms with Gasteiger partial charge in [-0.1, -0.05) is 13.8 Å². The fraction of sp³-hybridized carbons (Fsp3) is 0.586. The minimum atomic E-state index is -0.752. The Balaban J connectivity index is 1.57. The standard InChI is InChI=1S/C29H41N3O5/c1-8-20(30-9-2)11-10-13-29(6)36-25-18(4)21-12-14-32(28(34)24(21)19(5)26(25)37-29)16-22-23(35-7)15-17(3)31-27(22)33/h15,20,30H,8-14,16H2,1-7H3,(H,31,33). The highest BCUT2D eigenvalue weighted by molar-refractivity contribution is 6.00. The molecule has 37 heavy (non-hydrogen) atoms. The summed E-state index contributed by atoms with van der Waals surface area (Å²) in [4.78, 5) is 31.0. The molecule has 2 N–H and O–H groups in total. The number of pyridine rings is 1. The van der Waals surface area contributed by atoms with Gasteiger partial charge in [0.15, 0.2) is 11.5 Å². The Morgan fingerprint density at radius 2 is 1.86 bits per heavy atom. The highest BCUT2D eigenvalue weighted by atomic mass is 16.7. The van der Waals surface area contributed by atoms with Gasteiger partial charge in [0.1, 0.15) is 5.75 Å². The maximum absolute atomic E-state index is 13.7. The number of methoxy groups -OCH3 is 1. The molecule has 202 valence electrons. The van der Waals surface area contributed by atoms with E-state index in [9.17, 15) is 9.59 Å². The fourth-order valence-corrected chi connectivity index (χ4v) is 5.68. The van der Waals surface area contributed by atoms with Crippen LogP contribution in [0.25, 0.3) is 0 Å². The van der Waals surface area contributed by atoms with Gasteiger partial charge in [-0.05, 0) is 70.2 Å². The van der Waals surface area contributed by atoms with Crippen LogP contribution in [0.15, 0.2) is 10.9 Å². The second kappa shape index (κ2) is 10.8. The number of hydrogen-bond acceptors (Lipinski definition) is 6. The molecule has 0 saturated carbocycles. The molecule has 0 aliphatic carbocycles. The summed E-state index contributed by atoms with van der Waals surface area (Å²) in [6, 6.07) is 2.28. The van der Waals surface area contributed by atoms with E-state index in [2.05, 4.69) is 24.1 Å². The van der Waals surface area contributed by atoms with Crippen molar-refractivity contribution in [2.75, 3.05) is 20.2 Å². The predicted octanol–water partition coefficient (Wildman–Crippen LogP) is 4.55. The highest BCUT2D eigenvalue weighted by Crippen LogP contribution is 2.49. The van der Waals surface area contributed by atoms with E-state index in [1.165, 1.54) is 0 Å². The van der Waals surface area contributed by atoms with Crippen molar-refractivity contribution < 1.29 is 19.0 Å². The van der Waals surface area contributed by atoms with Crippen molar-refractivity contribution in [3.05, 3.63) is 49.9 Å². The summed E-state index contributed by atoms with van der Waals surface area (Å²) in [6.07, 6.45) is 4.59. The number of rotatable bonds is 10. The van der Waals surface area contributed by atoms with Crippen LogP contribution in [-0.2, 0) is 13.0 Å². The second-order valence-electron chi connectivity index (χ2n) is 10.5. The summed E-state index contributed by atoms with van der Waals surface area (Å²) in [6.45, 7) is 13.8. The van der Waals surface area contributed by atoms with E-state index in [4.69, 9.17) is 14.2 Å². The van der Waals surface area contributed by atoms with Gasteiger partial charge in [0.2, 0.25) is 5.79 Å². The zero-order valence-electron chi connectivity index (χ0n) is 23.3. The summed E-state index contributed by atoms with van der Waals surface area (Å²) < 4.78 is 18.3. The third kappa shape index (κ3) is 5.21. The molecule has 1 aromatic heterocycles. The first-order valence-electron chi connectivity index (χ1n) is 13.5. The Labute approximate surface area is 219 Å². The molecule has 8 heteroatoms. The van der Waals surface area contributed by atoms with E-state index >= 15 is 0 Å². The first kappa shape index (κ1) is 27.0. The lowest BCUT2D eigenvalue weighted by Gasteiger charge is -2.31. The number of hydrogen-bond donors (Lipinski definition) is 2. The SMILES string of the molecule is CCNC(CC)CCCC1(C)Oc2c(C)c3c(c(C)c2O1)C(=O)N(Cc1c(OC)cc(C)[nH]c1=O)CC3. The lowest BCUT2D eigenvalue weighted by molar-refractivity contribution is -0.0704. The van der Waals surface area contributed by atoms with E-state index < -0.39 is 5.79 Å². The Bertz CT molecular complexity index is 1240. The van der Waals surface area contributed by atoms with E-state index in [-0.39, 0.29) is 18.0 Å². The van der Waals surface area contributed by atoms with Gasteiger partial charge in [0, 0.05) is 42.8 Å². The molecule has 0 fully saturated rings. The molecule has 3 heterocycles. The van der Waals surface area contributed by atoms with Crippen LogP contribution in [0, 0.1) is 20.8 Å². The summed E-state index contributed by atoms with van der Waals surface area (Å²) in [7, 11) is 1.54. The number of amides is 1. The number of carbonyl (C=O) groups excluding carboxylic acids is 1. The first-order valence-corrected chi connectivity index (χ1v) is 13.5. The van der Waals surface area contributed by atoms with Gasteiger partial charge < -0.3 is 29.4 Å². The van der Waals surface area contributed by atoms with E-state index in [1.807, 2.05) is 27.7 Å². The number of aryl methyl sites for hydroxylation is 1. The molecule has 4 rings (SSSR count). The van der Waals surface area contributed by atoms with Gasteiger partial charge >= 0.3 is 0 Å². The van der Waals surface area contributed by atoms with Gasteiger partial charge in [-0.15, -0.1) is 0 Å². The second-order valence-corrected chi connectivity index (χ2v) is 10.5. The van der Waals surface area contributed by atoms with Gasteiger partial charge in [-0.25, -0.2) is 0 Å². The van der Waals surface area contributed by atoms with Crippen LogP contribution in [-0.4, -0.2) is 47.8 Å². The summed E-state index contributed by atoms with van der Waals surface area (Å²) in [5.41, 5.74) is 4.38. The number of aromatic nitrogens is 1. The molecule has 0 saturated heterocycles. The molecule has 2 aromatic rings. The normalized spacial score (nSPS) is 19.2. The van der Waals surface area contributed by atoms with E-state index in [0.717, 1.165) is 60.4 Å². The third-order valence-corrected chi connectivity index (χ3v) is 7.75. The number of aromatic amines is 1. The number of ether oxygens (including phenoxy) is 3. The quantitative estimate of drug-likeness (QED) is 0.486. The van der Waals surface area contributed by atoms with Gasteiger partial charge in [0.05, 0.1) is 19.2 Å². The molecule has 0 radical (unpaired) electrons. The van der Waals surface area contributed by atoms with Crippen molar-refractivity contribution in [3.8, 4) is 17.2 Å². The van der Waals surface area contributed by atoms with Crippen molar-refractivity contribution in [2.45, 2.75) is 92.0 Å². The Morgan fingerprint density at radius 1 is 1.16 bits per heavy atom. The summed E-state index contributed by atoms with van der Waals surface area (Å²) >= 11 is 0. The lowest BCUT2D eigenvalue weighted by atomic mass is 9.89. The average molecular weight is 512 g/mol. The van der Waals surface area contributed by atoms with Crippen molar-refractivity contribution in [3.63, 3.8) is 0 Å².